The number of halogens is 1. The van der Waals surface area contributed by atoms with Gasteiger partial charge in [0.15, 0.2) is 11.6 Å². The van der Waals surface area contributed by atoms with Gasteiger partial charge in [-0.3, -0.25) is 33.5 Å². The zero-order valence-electron chi connectivity index (χ0n) is 46.7. The summed E-state index contributed by atoms with van der Waals surface area (Å²) in [5, 5.41) is 16.3. The number of aromatic nitrogens is 3. The molecule has 5 aromatic rings. The number of hydrogen-bond donors (Lipinski definition) is 2. The van der Waals surface area contributed by atoms with Gasteiger partial charge in [-0.1, -0.05) is 61.4 Å². The lowest BCUT2D eigenvalue weighted by molar-refractivity contribution is -0.190. The zero-order chi connectivity index (χ0) is 57.1. The number of thiophene rings is 1. The number of carbonyl (C=O) groups is 5. The maximum atomic E-state index is 14.2. The third kappa shape index (κ3) is 9.70. The summed E-state index contributed by atoms with van der Waals surface area (Å²) in [6.45, 7) is 16.5. The lowest BCUT2D eigenvalue weighted by Crippen LogP contribution is -2.66. The summed E-state index contributed by atoms with van der Waals surface area (Å²) in [5.74, 6) is -0.517. The van der Waals surface area contributed by atoms with E-state index in [1.165, 1.54) is 18.1 Å². The predicted molar refractivity (Wildman–Crippen MR) is 301 cm³/mol. The van der Waals surface area contributed by atoms with Crippen molar-refractivity contribution in [1.82, 2.24) is 25.4 Å². The van der Waals surface area contributed by atoms with Crippen LogP contribution in [0.25, 0.3) is 16.3 Å². The number of amides is 2. The zero-order valence-corrected chi connectivity index (χ0v) is 48.3. The Morgan fingerprint density at radius 1 is 0.840 bits per heavy atom. The molecule has 2 N–H and O–H groups in total. The molecule has 3 aliphatic heterocycles. The highest BCUT2D eigenvalue weighted by molar-refractivity contribution is 7.15. The van der Waals surface area contributed by atoms with Crippen LogP contribution >= 0.6 is 22.9 Å². The Morgan fingerprint density at radius 3 is 2.22 bits per heavy atom. The first kappa shape index (κ1) is 56.3. The van der Waals surface area contributed by atoms with Gasteiger partial charge in [0.2, 0.25) is 5.91 Å². The molecule has 10 atom stereocenters. The number of benzene rings is 2. The van der Waals surface area contributed by atoms with E-state index >= 15 is 0 Å². The van der Waals surface area contributed by atoms with Gasteiger partial charge in [0.05, 0.1) is 83.1 Å². The SMILES string of the molecule is COC(=O)C[C@H]1[C@]2(C)C3=C(C)[C@H](c4ccoc4-c4ccc(C(=O)NCCOCCOCCOCCNC(=O)C[C@@H]5N=C(c6ccc(Cl)cc6)c6c(sc(C)c6C)-n6c(C)nnc65)cc4)C[C@H]3O[C@@H]2[C@@H]2OC(=O)[C@]3(C)C=CC(=O)[C@@]1(C)[C@@H]23. The van der Waals surface area contributed by atoms with Crippen molar-refractivity contribution in [1.29, 1.82) is 0 Å². The summed E-state index contributed by atoms with van der Waals surface area (Å²) < 4.78 is 43.6. The Bertz CT molecular complexity index is 3400. The number of ether oxygens (including phenoxy) is 6. The van der Waals surface area contributed by atoms with Crippen LogP contribution in [0.3, 0.4) is 0 Å². The van der Waals surface area contributed by atoms with E-state index in [0.717, 1.165) is 55.5 Å². The van der Waals surface area contributed by atoms with Gasteiger partial charge in [0.25, 0.3) is 5.91 Å². The molecule has 81 heavy (non-hydrogen) atoms. The van der Waals surface area contributed by atoms with Gasteiger partial charge in [-0.2, -0.15) is 0 Å². The van der Waals surface area contributed by atoms with Crippen molar-refractivity contribution < 1.29 is 56.8 Å². The highest BCUT2D eigenvalue weighted by Gasteiger charge is 2.78. The predicted octanol–water partition coefficient (Wildman–Crippen LogP) is 8.51. The molecule has 11 rings (SSSR count). The number of ketones is 1. The number of allylic oxidation sites excluding steroid dienone is 2. The Balaban J connectivity index is 0.614. The summed E-state index contributed by atoms with van der Waals surface area (Å²) >= 11 is 7.91. The van der Waals surface area contributed by atoms with Crippen molar-refractivity contribution >= 4 is 58.2 Å². The molecule has 3 aromatic heterocycles. The molecule has 426 valence electrons. The van der Waals surface area contributed by atoms with Crippen molar-refractivity contribution in [3.8, 4) is 16.3 Å². The van der Waals surface area contributed by atoms with E-state index in [1.54, 1.807) is 35.8 Å². The van der Waals surface area contributed by atoms with Gasteiger partial charge in [-0.05, 0) is 94.5 Å². The molecule has 20 heteroatoms. The number of aliphatic imine (C=N–C) groups is 1. The molecule has 2 aromatic carbocycles. The van der Waals surface area contributed by atoms with Gasteiger partial charge in [0.1, 0.15) is 34.8 Å². The Labute approximate surface area is 479 Å². The minimum atomic E-state index is -1.11. The van der Waals surface area contributed by atoms with Crippen molar-refractivity contribution in [2.75, 3.05) is 59.8 Å². The second kappa shape index (κ2) is 22.3. The van der Waals surface area contributed by atoms with E-state index in [2.05, 4.69) is 48.5 Å². The molecule has 3 aliphatic carbocycles. The van der Waals surface area contributed by atoms with Crippen molar-refractivity contribution in [3.63, 3.8) is 0 Å². The van der Waals surface area contributed by atoms with Crippen LogP contribution in [-0.4, -0.2) is 128 Å². The van der Waals surface area contributed by atoms with Crippen LogP contribution in [0.4, 0.5) is 0 Å². The van der Waals surface area contributed by atoms with E-state index < -0.39 is 52.3 Å². The Morgan fingerprint density at radius 2 is 1.52 bits per heavy atom. The first-order valence-electron chi connectivity index (χ1n) is 27.6. The molecule has 2 amide bonds. The molecule has 0 bridgehead atoms. The van der Waals surface area contributed by atoms with Crippen LogP contribution in [0.2, 0.25) is 5.02 Å². The number of nitrogens with zero attached hydrogens (tertiary/aromatic N) is 4. The second-order valence-electron chi connectivity index (χ2n) is 22.5. The molecule has 18 nitrogen and oxygen atoms in total. The molecular formula is C61H67ClN6O12S. The average Bonchev–Trinajstić information content (AvgIpc) is 3.76. The number of rotatable bonds is 20. The summed E-state index contributed by atoms with van der Waals surface area (Å²) in [6.07, 6.45) is 3.92. The molecule has 0 radical (unpaired) electrons. The van der Waals surface area contributed by atoms with Crippen LogP contribution in [0.15, 0.2) is 93.6 Å². The number of fused-ring (bicyclic) bond motifs is 7. The Kier molecular flexibility index (Phi) is 15.5. The van der Waals surface area contributed by atoms with Crippen LogP contribution in [0.1, 0.15) is 108 Å². The monoisotopic (exact) mass is 1140 g/mol. The summed E-state index contributed by atoms with van der Waals surface area (Å²) in [4.78, 5) is 73.8. The lowest BCUT2D eigenvalue weighted by Gasteiger charge is -2.59. The quantitative estimate of drug-likeness (QED) is 0.0424. The average molecular weight is 1140 g/mol. The van der Waals surface area contributed by atoms with Gasteiger partial charge >= 0.3 is 11.9 Å². The number of hydrogen-bond acceptors (Lipinski definition) is 16. The molecule has 2 saturated heterocycles. The number of methoxy groups -OCH3 is 1. The smallest absolute Gasteiger partial charge is 0.316 e. The minimum Gasteiger partial charge on any atom is -0.469 e. The standard InChI is InChI=1S/C61H67ClN6O12S/c1-32-34(3)81-57-48(32)50(36-13-15-39(62)16-14-36)65-42(55-67-66-35(4)68(55)57)30-46(70)63-20-23-75-25-27-77-28-26-76-24-21-64-56(72)38-11-9-37(10-12-38)51-40(18-22-78-51)41-29-43-49(33(41)2)61(7)44(31-47(71)74-8)60(6)45(69)17-19-59(5)53(60)52(54(61)79-43)80-58(59)73/h9-19,22,41-44,52-54H,20-21,23-31H2,1-8H3,(H,63,70)(H,64,72)/t41-,42+,43-,44-,52-,53+,54-,59-,60+,61-/m1/s1. The topological polar surface area (TPSA) is 221 Å². The van der Waals surface area contributed by atoms with E-state index in [-0.39, 0.29) is 48.4 Å². The van der Waals surface area contributed by atoms with Gasteiger partial charge in [-0.25, -0.2) is 0 Å². The van der Waals surface area contributed by atoms with E-state index in [4.69, 9.17) is 49.4 Å². The highest BCUT2D eigenvalue weighted by atomic mass is 35.5. The van der Waals surface area contributed by atoms with Crippen molar-refractivity contribution in [2.24, 2.45) is 33.1 Å². The molecule has 3 fully saturated rings. The van der Waals surface area contributed by atoms with Crippen molar-refractivity contribution in [3.05, 3.63) is 134 Å². The third-order valence-corrected chi connectivity index (χ3v) is 19.5. The summed E-state index contributed by atoms with van der Waals surface area (Å²) in [6, 6.07) is 16.2. The fraction of sp³-hybridized carbons (Fsp3) is 0.475. The number of nitrogens with one attached hydrogen (secondary N) is 2. The number of aryl methyl sites for hydroxylation is 2. The number of esters is 2. The molecule has 6 heterocycles. The van der Waals surface area contributed by atoms with Crippen LogP contribution in [-0.2, 0) is 47.6 Å². The maximum absolute atomic E-state index is 14.2. The van der Waals surface area contributed by atoms with Crippen LogP contribution < -0.4 is 10.6 Å². The number of furan rings is 1. The number of carbonyl (C=O) groups excluding carboxylic acids is 5. The van der Waals surface area contributed by atoms with E-state index in [9.17, 15) is 24.0 Å². The molecule has 0 spiro atoms. The normalized spacial score (nSPS) is 27.7. The fourth-order valence-electron chi connectivity index (χ4n) is 14.0. The van der Waals surface area contributed by atoms with Gasteiger partial charge < -0.3 is 43.5 Å². The van der Waals surface area contributed by atoms with E-state index in [0.29, 0.717) is 81.3 Å². The maximum Gasteiger partial charge on any atom is 0.316 e. The molecule has 0 unspecified atom stereocenters. The first-order chi connectivity index (χ1) is 38.9. The highest BCUT2D eigenvalue weighted by Crippen LogP contribution is 2.72. The molecule has 1 saturated carbocycles. The first-order valence-corrected chi connectivity index (χ1v) is 28.8. The van der Waals surface area contributed by atoms with E-state index in [1.807, 2.05) is 67.8 Å². The molecular weight excluding hydrogens is 1080 g/mol. The van der Waals surface area contributed by atoms with Gasteiger partial charge in [0, 0.05) is 73.5 Å². The largest absolute Gasteiger partial charge is 0.469 e. The lowest BCUT2D eigenvalue weighted by atomic mass is 9.42. The molecule has 6 aliphatic rings. The van der Waals surface area contributed by atoms with Crippen LogP contribution in [0.5, 0.6) is 0 Å². The second-order valence-corrected chi connectivity index (χ2v) is 24.1. The summed E-state index contributed by atoms with van der Waals surface area (Å²) in [5.41, 5.74) is 5.18. The van der Waals surface area contributed by atoms with Crippen molar-refractivity contribution in [2.45, 2.75) is 98.0 Å². The Hall–Kier alpha value is -6.61. The van der Waals surface area contributed by atoms with Crippen LogP contribution in [0, 0.1) is 48.9 Å². The minimum absolute atomic E-state index is 0.0209. The third-order valence-electron chi connectivity index (χ3n) is 18.0. The fourth-order valence-corrected chi connectivity index (χ4v) is 15.4. The summed E-state index contributed by atoms with van der Waals surface area (Å²) in [7, 11) is 1.35. The van der Waals surface area contributed by atoms with Gasteiger partial charge in [-0.15, -0.1) is 21.5 Å².